The quantitative estimate of drug-likeness (QED) is 0.579. The number of para-hydroxylation sites is 1. The molecule has 0 aliphatic rings. The Bertz CT molecular complexity index is 1040. The lowest BCUT2D eigenvalue weighted by molar-refractivity contribution is -0.115. The van der Waals surface area contributed by atoms with Crippen LogP contribution >= 0.6 is 0 Å². The van der Waals surface area contributed by atoms with E-state index in [0.717, 1.165) is 18.2 Å². The molecular formula is C19H21N3O4S. The van der Waals surface area contributed by atoms with Crippen LogP contribution in [0.3, 0.4) is 0 Å². The number of rotatable bonds is 8. The molecule has 0 fully saturated rings. The van der Waals surface area contributed by atoms with E-state index in [2.05, 4.69) is 15.2 Å². The Hall–Kier alpha value is -2.71. The molecule has 1 aromatic heterocycles. The molecule has 1 amide bonds. The second kappa shape index (κ2) is 8.32. The summed E-state index contributed by atoms with van der Waals surface area (Å²) in [5.41, 5.74) is 1.56. The van der Waals surface area contributed by atoms with Gasteiger partial charge in [-0.1, -0.05) is 36.7 Å². The van der Waals surface area contributed by atoms with Gasteiger partial charge in [0.2, 0.25) is 15.9 Å². The minimum atomic E-state index is -3.60. The van der Waals surface area contributed by atoms with E-state index in [4.69, 9.17) is 4.52 Å². The molecule has 7 nitrogen and oxygen atoms in total. The fourth-order valence-corrected chi connectivity index (χ4v) is 3.75. The van der Waals surface area contributed by atoms with E-state index in [1.165, 1.54) is 12.1 Å². The lowest BCUT2D eigenvalue weighted by atomic mass is 10.1. The first-order valence-corrected chi connectivity index (χ1v) is 10.2. The van der Waals surface area contributed by atoms with E-state index in [1.807, 2.05) is 25.1 Å². The SMILES string of the molecule is CCCCNS(=O)(=O)c1cccc(NC(=O)Cc2noc3ccccc23)c1. The van der Waals surface area contributed by atoms with Gasteiger partial charge < -0.3 is 9.84 Å². The topological polar surface area (TPSA) is 101 Å². The highest BCUT2D eigenvalue weighted by Crippen LogP contribution is 2.19. The molecule has 8 heteroatoms. The molecule has 0 atom stereocenters. The summed E-state index contributed by atoms with van der Waals surface area (Å²) in [4.78, 5) is 12.5. The number of carbonyl (C=O) groups excluding carboxylic acids is 1. The Morgan fingerprint density at radius 1 is 1.15 bits per heavy atom. The van der Waals surface area contributed by atoms with E-state index in [0.29, 0.717) is 23.5 Å². The molecule has 0 spiro atoms. The standard InChI is InChI=1S/C19H21N3O4S/c1-2-3-11-20-27(24,25)15-8-6-7-14(12-15)21-19(23)13-17-16-9-4-5-10-18(16)26-22-17/h4-10,12,20H,2-3,11,13H2,1H3,(H,21,23). The van der Waals surface area contributed by atoms with Crippen molar-refractivity contribution in [3.8, 4) is 0 Å². The molecule has 0 saturated carbocycles. The molecule has 2 N–H and O–H groups in total. The van der Waals surface area contributed by atoms with Gasteiger partial charge in [0.05, 0.1) is 11.3 Å². The smallest absolute Gasteiger partial charge is 0.240 e. The summed E-state index contributed by atoms with van der Waals surface area (Å²) in [6.07, 6.45) is 1.69. The van der Waals surface area contributed by atoms with Crippen LogP contribution < -0.4 is 10.0 Å². The molecule has 1 heterocycles. The van der Waals surface area contributed by atoms with E-state index in [-0.39, 0.29) is 17.2 Å². The van der Waals surface area contributed by atoms with Crippen LogP contribution in [0.2, 0.25) is 0 Å². The maximum atomic E-state index is 12.3. The Labute approximate surface area is 157 Å². The van der Waals surface area contributed by atoms with Gasteiger partial charge in [-0.15, -0.1) is 0 Å². The average Bonchev–Trinajstić information content (AvgIpc) is 3.05. The number of aromatic nitrogens is 1. The van der Waals surface area contributed by atoms with Crippen molar-refractivity contribution in [2.45, 2.75) is 31.1 Å². The van der Waals surface area contributed by atoms with Crippen LogP contribution in [0.15, 0.2) is 57.9 Å². The van der Waals surface area contributed by atoms with Crippen molar-refractivity contribution in [3.63, 3.8) is 0 Å². The Balaban J connectivity index is 1.69. The van der Waals surface area contributed by atoms with Crippen LogP contribution in [0.4, 0.5) is 5.69 Å². The molecule has 0 bridgehead atoms. The minimum Gasteiger partial charge on any atom is -0.356 e. The fraction of sp³-hybridized carbons (Fsp3) is 0.263. The van der Waals surface area contributed by atoms with Crippen LogP contribution in [0, 0.1) is 0 Å². The van der Waals surface area contributed by atoms with Crippen molar-refractivity contribution in [1.29, 1.82) is 0 Å². The molecule has 142 valence electrons. The Kier molecular flexibility index (Phi) is 5.88. The first kappa shape index (κ1) is 19.1. The molecule has 0 aliphatic carbocycles. The van der Waals surface area contributed by atoms with Crippen LogP contribution in [-0.2, 0) is 21.2 Å². The number of amides is 1. The van der Waals surface area contributed by atoms with Crippen LogP contribution in [0.1, 0.15) is 25.5 Å². The maximum Gasteiger partial charge on any atom is 0.240 e. The largest absolute Gasteiger partial charge is 0.356 e. The van der Waals surface area contributed by atoms with Gasteiger partial charge in [0.25, 0.3) is 0 Å². The number of unbranched alkanes of at least 4 members (excludes halogenated alkanes) is 1. The monoisotopic (exact) mass is 387 g/mol. The summed E-state index contributed by atoms with van der Waals surface area (Å²) >= 11 is 0. The molecule has 0 aliphatic heterocycles. The first-order chi connectivity index (χ1) is 13.0. The highest BCUT2D eigenvalue weighted by molar-refractivity contribution is 7.89. The van der Waals surface area contributed by atoms with Crippen LogP contribution in [0.5, 0.6) is 0 Å². The zero-order valence-electron chi connectivity index (χ0n) is 14.9. The molecular weight excluding hydrogens is 366 g/mol. The van der Waals surface area contributed by atoms with E-state index in [1.54, 1.807) is 18.2 Å². The fourth-order valence-electron chi connectivity index (χ4n) is 2.63. The second-order valence-electron chi connectivity index (χ2n) is 6.13. The van der Waals surface area contributed by atoms with Crippen molar-refractivity contribution in [1.82, 2.24) is 9.88 Å². The van der Waals surface area contributed by atoms with E-state index >= 15 is 0 Å². The highest BCUT2D eigenvalue weighted by Gasteiger charge is 2.15. The molecule has 0 radical (unpaired) electrons. The van der Waals surface area contributed by atoms with Crippen molar-refractivity contribution in [3.05, 3.63) is 54.2 Å². The number of anilines is 1. The molecule has 27 heavy (non-hydrogen) atoms. The number of carbonyl (C=O) groups is 1. The predicted octanol–water partition coefficient (Wildman–Crippen LogP) is 3.09. The number of nitrogens with zero attached hydrogens (tertiary/aromatic N) is 1. The lowest BCUT2D eigenvalue weighted by Crippen LogP contribution is -2.25. The van der Waals surface area contributed by atoms with Gasteiger partial charge in [-0.2, -0.15) is 0 Å². The Morgan fingerprint density at radius 2 is 1.96 bits per heavy atom. The summed E-state index contributed by atoms with van der Waals surface area (Å²) in [7, 11) is -3.60. The number of nitrogens with one attached hydrogen (secondary N) is 2. The van der Waals surface area contributed by atoms with E-state index < -0.39 is 10.0 Å². The van der Waals surface area contributed by atoms with Gasteiger partial charge in [0, 0.05) is 17.6 Å². The zero-order valence-corrected chi connectivity index (χ0v) is 15.8. The number of benzene rings is 2. The summed E-state index contributed by atoms with van der Waals surface area (Å²) in [5, 5.41) is 7.43. The van der Waals surface area contributed by atoms with Crippen LogP contribution in [0.25, 0.3) is 11.0 Å². The molecule has 3 rings (SSSR count). The third-order valence-corrected chi connectivity index (χ3v) is 5.49. The number of hydrogen-bond donors (Lipinski definition) is 2. The minimum absolute atomic E-state index is 0.0305. The summed E-state index contributed by atoms with van der Waals surface area (Å²) in [5.74, 6) is -0.303. The number of fused-ring (bicyclic) bond motifs is 1. The molecule has 2 aromatic carbocycles. The molecule has 0 saturated heterocycles. The van der Waals surface area contributed by atoms with Crippen molar-refractivity contribution < 1.29 is 17.7 Å². The van der Waals surface area contributed by atoms with Crippen molar-refractivity contribution in [2.75, 3.05) is 11.9 Å². The van der Waals surface area contributed by atoms with Crippen LogP contribution in [-0.4, -0.2) is 26.0 Å². The Morgan fingerprint density at radius 3 is 2.78 bits per heavy atom. The predicted molar refractivity (Wildman–Crippen MR) is 103 cm³/mol. The summed E-state index contributed by atoms with van der Waals surface area (Å²) in [6, 6.07) is 13.5. The summed E-state index contributed by atoms with van der Waals surface area (Å²) in [6.45, 7) is 2.37. The van der Waals surface area contributed by atoms with Crippen molar-refractivity contribution >= 4 is 32.6 Å². The third-order valence-electron chi connectivity index (χ3n) is 4.03. The normalized spacial score (nSPS) is 11.6. The molecule has 0 unspecified atom stereocenters. The average molecular weight is 387 g/mol. The molecule has 3 aromatic rings. The van der Waals surface area contributed by atoms with Gasteiger partial charge in [0.1, 0.15) is 5.69 Å². The zero-order chi connectivity index (χ0) is 19.3. The van der Waals surface area contributed by atoms with Crippen molar-refractivity contribution in [2.24, 2.45) is 0 Å². The summed E-state index contributed by atoms with van der Waals surface area (Å²) < 4.78 is 32.3. The van der Waals surface area contributed by atoms with Gasteiger partial charge in [-0.25, -0.2) is 13.1 Å². The first-order valence-electron chi connectivity index (χ1n) is 8.72. The second-order valence-corrected chi connectivity index (χ2v) is 7.90. The maximum absolute atomic E-state index is 12.3. The lowest BCUT2D eigenvalue weighted by Gasteiger charge is -2.09. The van der Waals surface area contributed by atoms with Gasteiger partial charge in [-0.05, 0) is 36.8 Å². The number of sulfonamides is 1. The van der Waals surface area contributed by atoms with Gasteiger partial charge in [-0.3, -0.25) is 4.79 Å². The highest BCUT2D eigenvalue weighted by atomic mass is 32.2. The van der Waals surface area contributed by atoms with Gasteiger partial charge >= 0.3 is 0 Å². The number of hydrogen-bond acceptors (Lipinski definition) is 5. The van der Waals surface area contributed by atoms with Gasteiger partial charge in [0.15, 0.2) is 5.58 Å². The third kappa shape index (κ3) is 4.72. The van der Waals surface area contributed by atoms with E-state index in [9.17, 15) is 13.2 Å².